The molecule has 0 rings (SSSR count). The lowest BCUT2D eigenvalue weighted by atomic mass is 10.1. The molecule has 1 unspecified atom stereocenters. The van der Waals surface area contributed by atoms with Gasteiger partial charge < -0.3 is 14.2 Å². The van der Waals surface area contributed by atoms with E-state index in [4.69, 9.17) is 14.2 Å². The molecule has 0 aromatic rings. The maximum atomic E-state index is 12.8. The Bertz CT molecular complexity index is 1130. The van der Waals surface area contributed by atoms with Gasteiger partial charge in [0.25, 0.3) is 0 Å². The van der Waals surface area contributed by atoms with Crippen molar-refractivity contribution in [1.82, 2.24) is 0 Å². The largest absolute Gasteiger partial charge is 0.462 e. The van der Waals surface area contributed by atoms with E-state index in [1.807, 2.05) is 0 Å². The van der Waals surface area contributed by atoms with Crippen molar-refractivity contribution >= 4 is 17.9 Å². The zero-order valence-electron chi connectivity index (χ0n) is 40.9. The van der Waals surface area contributed by atoms with Crippen molar-refractivity contribution < 1.29 is 28.6 Å². The highest BCUT2D eigenvalue weighted by Gasteiger charge is 2.19. The van der Waals surface area contributed by atoms with Crippen LogP contribution in [0.5, 0.6) is 0 Å². The van der Waals surface area contributed by atoms with Gasteiger partial charge in [-0.15, -0.1) is 0 Å². The van der Waals surface area contributed by atoms with Crippen LogP contribution < -0.4 is 0 Å². The summed E-state index contributed by atoms with van der Waals surface area (Å²) in [6, 6.07) is 0. The van der Waals surface area contributed by atoms with Gasteiger partial charge in [-0.3, -0.25) is 14.4 Å². The molecular formula is C56H98O6. The highest BCUT2D eigenvalue weighted by Crippen LogP contribution is 2.15. The number of carbonyl (C=O) groups is 3. The van der Waals surface area contributed by atoms with E-state index in [1.165, 1.54) is 116 Å². The zero-order valence-corrected chi connectivity index (χ0v) is 40.9. The molecule has 0 saturated heterocycles. The van der Waals surface area contributed by atoms with Gasteiger partial charge in [-0.05, 0) is 83.5 Å². The van der Waals surface area contributed by atoms with E-state index < -0.39 is 6.10 Å². The molecule has 6 nitrogen and oxygen atoms in total. The van der Waals surface area contributed by atoms with Crippen LogP contribution in [-0.4, -0.2) is 37.2 Å². The summed E-state index contributed by atoms with van der Waals surface area (Å²) < 4.78 is 16.7. The van der Waals surface area contributed by atoms with Gasteiger partial charge in [0.2, 0.25) is 0 Å². The van der Waals surface area contributed by atoms with E-state index in [0.717, 1.165) is 103 Å². The normalized spacial score (nSPS) is 12.5. The van der Waals surface area contributed by atoms with Gasteiger partial charge in [0, 0.05) is 19.3 Å². The van der Waals surface area contributed by atoms with E-state index >= 15 is 0 Å². The minimum absolute atomic E-state index is 0.0816. The van der Waals surface area contributed by atoms with Gasteiger partial charge in [-0.2, -0.15) is 0 Å². The zero-order chi connectivity index (χ0) is 45.1. The van der Waals surface area contributed by atoms with Crippen molar-refractivity contribution in [3.63, 3.8) is 0 Å². The second-order valence-electron chi connectivity index (χ2n) is 17.4. The van der Waals surface area contributed by atoms with Crippen molar-refractivity contribution in [2.75, 3.05) is 13.2 Å². The summed E-state index contributed by atoms with van der Waals surface area (Å²) in [5, 5.41) is 0. The lowest BCUT2D eigenvalue weighted by molar-refractivity contribution is -0.167. The van der Waals surface area contributed by atoms with Gasteiger partial charge in [0.15, 0.2) is 6.10 Å². The van der Waals surface area contributed by atoms with Crippen LogP contribution >= 0.6 is 0 Å². The molecule has 62 heavy (non-hydrogen) atoms. The number of unbranched alkanes of at least 4 members (excludes halogenated alkanes) is 26. The molecule has 0 amide bonds. The van der Waals surface area contributed by atoms with E-state index in [-0.39, 0.29) is 31.1 Å². The summed E-state index contributed by atoms with van der Waals surface area (Å²) in [4.78, 5) is 37.9. The molecule has 0 N–H and O–H groups in total. The third-order valence-corrected chi connectivity index (χ3v) is 11.3. The van der Waals surface area contributed by atoms with Gasteiger partial charge in [0.05, 0.1) is 0 Å². The first-order valence-electron chi connectivity index (χ1n) is 26.3. The monoisotopic (exact) mass is 867 g/mol. The summed E-state index contributed by atoms with van der Waals surface area (Å²) in [7, 11) is 0. The lowest BCUT2D eigenvalue weighted by Gasteiger charge is -2.18. The molecule has 1 atom stereocenters. The first kappa shape index (κ1) is 59.1. The number of ether oxygens (including phenoxy) is 3. The van der Waals surface area contributed by atoms with E-state index in [1.54, 1.807) is 0 Å². The predicted molar refractivity (Wildman–Crippen MR) is 265 cm³/mol. The predicted octanol–water partition coefficient (Wildman–Crippen LogP) is 17.3. The third kappa shape index (κ3) is 48.1. The number of esters is 3. The summed E-state index contributed by atoms with van der Waals surface area (Å²) >= 11 is 0. The van der Waals surface area contributed by atoms with Crippen LogP contribution in [0, 0.1) is 0 Å². The highest BCUT2D eigenvalue weighted by atomic mass is 16.6. The number of hydrogen-bond donors (Lipinski definition) is 0. The molecule has 0 aromatic heterocycles. The van der Waals surface area contributed by atoms with Crippen LogP contribution in [0.4, 0.5) is 0 Å². The number of rotatable bonds is 47. The summed E-state index contributed by atoms with van der Waals surface area (Å²) in [5.41, 5.74) is 0. The van der Waals surface area contributed by atoms with E-state index in [2.05, 4.69) is 81.5 Å². The molecule has 0 fully saturated rings. The number of allylic oxidation sites excluding steroid dienone is 10. The Morgan fingerprint density at radius 2 is 0.629 bits per heavy atom. The summed E-state index contributed by atoms with van der Waals surface area (Å²) in [6.07, 6.45) is 62.2. The standard InChI is InChI=1S/C56H98O6/c1-4-7-10-13-16-19-21-23-25-26-27-28-29-30-32-33-35-37-40-43-46-49-55(58)61-52-53(51-60-54(57)48-45-42-39-18-15-12-9-6-3)62-56(59)50-47-44-41-38-36-34-31-24-22-20-17-14-11-8-5-2/h8,11,17,20-21,23-24,26-27,31,53H,4-7,9-10,12-16,18-19,22,25,28-30,32-52H2,1-3H3/b11-8-,20-17-,23-21-,27-26-,31-24-. The maximum absolute atomic E-state index is 12.8. The van der Waals surface area contributed by atoms with Crippen LogP contribution in [0.15, 0.2) is 60.8 Å². The molecule has 358 valence electrons. The fourth-order valence-corrected chi connectivity index (χ4v) is 7.31. The van der Waals surface area contributed by atoms with Crippen molar-refractivity contribution in [2.45, 2.75) is 264 Å². The van der Waals surface area contributed by atoms with E-state index in [9.17, 15) is 14.4 Å². The Kier molecular flexibility index (Phi) is 48.4. The molecule has 0 aromatic carbocycles. The van der Waals surface area contributed by atoms with Crippen LogP contribution in [0.25, 0.3) is 0 Å². The topological polar surface area (TPSA) is 78.9 Å². The molecule has 6 heteroatoms. The second-order valence-corrected chi connectivity index (χ2v) is 17.4. The van der Waals surface area contributed by atoms with Gasteiger partial charge in [0.1, 0.15) is 13.2 Å². The second kappa shape index (κ2) is 50.8. The van der Waals surface area contributed by atoms with E-state index in [0.29, 0.717) is 19.3 Å². The fraction of sp³-hybridized carbons (Fsp3) is 0.768. The average Bonchev–Trinajstić information content (AvgIpc) is 3.27. The average molecular weight is 867 g/mol. The van der Waals surface area contributed by atoms with Crippen LogP contribution in [0.3, 0.4) is 0 Å². The smallest absolute Gasteiger partial charge is 0.306 e. The maximum Gasteiger partial charge on any atom is 0.306 e. The molecular weight excluding hydrogens is 769 g/mol. The van der Waals surface area contributed by atoms with Crippen LogP contribution in [0.2, 0.25) is 0 Å². The third-order valence-electron chi connectivity index (χ3n) is 11.3. The Balaban J connectivity index is 4.27. The van der Waals surface area contributed by atoms with Gasteiger partial charge in [-0.25, -0.2) is 0 Å². The quantitative estimate of drug-likeness (QED) is 0.0262. The molecule has 0 spiro atoms. The Morgan fingerprint density at radius 3 is 0.984 bits per heavy atom. The molecule has 0 aliphatic heterocycles. The molecule has 0 saturated carbocycles. The Labute approximate surface area is 383 Å². The fourth-order valence-electron chi connectivity index (χ4n) is 7.31. The Morgan fingerprint density at radius 1 is 0.339 bits per heavy atom. The first-order valence-corrected chi connectivity index (χ1v) is 26.3. The SMILES string of the molecule is CC/C=C\C/C=C\C/C=C\CCCCCCCC(=O)OC(COC(=O)CCCCCCCCCC)COC(=O)CCCCCCCCCCC/C=C\C/C=C\CCCCCCC. The molecule has 0 aliphatic rings. The molecule has 0 aliphatic carbocycles. The van der Waals surface area contributed by atoms with Crippen LogP contribution in [-0.2, 0) is 28.6 Å². The van der Waals surface area contributed by atoms with Crippen molar-refractivity contribution in [3.05, 3.63) is 60.8 Å². The van der Waals surface area contributed by atoms with Crippen molar-refractivity contribution in [3.8, 4) is 0 Å². The first-order chi connectivity index (χ1) is 30.5. The number of carbonyl (C=O) groups excluding carboxylic acids is 3. The number of hydrogen-bond acceptors (Lipinski definition) is 6. The molecule has 0 heterocycles. The van der Waals surface area contributed by atoms with Crippen LogP contribution in [0.1, 0.15) is 258 Å². The Hall–Kier alpha value is -2.89. The molecule has 0 radical (unpaired) electrons. The van der Waals surface area contributed by atoms with Gasteiger partial charge >= 0.3 is 17.9 Å². The highest BCUT2D eigenvalue weighted by molar-refractivity contribution is 5.71. The van der Waals surface area contributed by atoms with Crippen molar-refractivity contribution in [2.24, 2.45) is 0 Å². The molecule has 0 bridgehead atoms. The summed E-state index contributed by atoms with van der Waals surface area (Å²) in [6.45, 7) is 6.48. The minimum Gasteiger partial charge on any atom is -0.462 e. The summed E-state index contributed by atoms with van der Waals surface area (Å²) in [5.74, 6) is -0.903. The lowest BCUT2D eigenvalue weighted by Crippen LogP contribution is -2.30. The van der Waals surface area contributed by atoms with Crippen molar-refractivity contribution in [1.29, 1.82) is 0 Å². The van der Waals surface area contributed by atoms with Gasteiger partial charge in [-0.1, -0.05) is 216 Å². The minimum atomic E-state index is -0.781.